The molecule has 0 unspecified atom stereocenters. The lowest BCUT2D eigenvalue weighted by Crippen LogP contribution is -2.37. The first-order chi connectivity index (χ1) is 12.5. The molecule has 3 aromatic rings. The summed E-state index contributed by atoms with van der Waals surface area (Å²) in [5, 5.41) is 4.71. The van der Waals surface area contributed by atoms with Gasteiger partial charge in [0.1, 0.15) is 6.54 Å². The van der Waals surface area contributed by atoms with E-state index in [0.717, 1.165) is 21.2 Å². The van der Waals surface area contributed by atoms with Crippen molar-refractivity contribution >= 4 is 34.2 Å². The fourth-order valence-corrected chi connectivity index (χ4v) is 3.22. The predicted molar refractivity (Wildman–Crippen MR) is 99.1 cm³/mol. The number of fused-ring (bicyclic) bond motifs is 2. The third-order valence-corrected chi connectivity index (χ3v) is 4.49. The minimum atomic E-state index is -0.432. The van der Waals surface area contributed by atoms with Crippen LogP contribution in [0.2, 0.25) is 0 Å². The Bertz CT molecular complexity index is 1070. The first-order valence-electron chi connectivity index (χ1n) is 8.29. The van der Waals surface area contributed by atoms with Gasteiger partial charge >= 0.3 is 0 Å². The molecule has 26 heavy (non-hydrogen) atoms. The Kier molecular flexibility index (Phi) is 3.77. The highest BCUT2D eigenvalue weighted by atomic mass is 16.2. The smallest absolute Gasteiger partial charge is 0.262 e. The SMILES string of the molecule is Cc1ccc2c(c1)C(=O)N(CC(=O)Nc1cccc3ccccc13)C2=O. The molecule has 0 radical (unpaired) electrons. The van der Waals surface area contributed by atoms with E-state index in [4.69, 9.17) is 0 Å². The van der Waals surface area contributed by atoms with Gasteiger partial charge in [0.15, 0.2) is 0 Å². The van der Waals surface area contributed by atoms with Crippen molar-refractivity contribution in [3.8, 4) is 0 Å². The summed E-state index contributed by atoms with van der Waals surface area (Å²) in [6.45, 7) is 1.54. The Labute approximate surface area is 150 Å². The first kappa shape index (κ1) is 16.0. The minimum Gasteiger partial charge on any atom is -0.324 e. The van der Waals surface area contributed by atoms with Gasteiger partial charge in [-0.3, -0.25) is 19.3 Å². The quantitative estimate of drug-likeness (QED) is 0.741. The molecule has 5 heteroatoms. The van der Waals surface area contributed by atoms with Gasteiger partial charge in [0.25, 0.3) is 11.8 Å². The van der Waals surface area contributed by atoms with Crippen LogP contribution >= 0.6 is 0 Å². The van der Waals surface area contributed by atoms with Crippen molar-refractivity contribution in [2.75, 3.05) is 11.9 Å². The number of hydrogen-bond donors (Lipinski definition) is 1. The van der Waals surface area contributed by atoms with Crippen LogP contribution in [0.3, 0.4) is 0 Å². The predicted octanol–water partition coefficient (Wildman–Crippen LogP) is 3.38. The van der Waals surface area contributed by atoms with Crippen LogP contribution in [-0.4, -0.2) is 29.2 Å². The molecule has 3 amide bonds. The van der Waals surface area contributed by atoms with Crippen LogP contribution in [0.15, 0.2) is 60.7 Å². The second-order valence-electron chi connectivity index (χ2n) is 6.32. The van der Waals surface area contributed by atoms with E-state index < -0.39 is 17.7 Å². The maximum atomic E-state index is 12.5. The highest BCUT2D eigenvalue weighted by molar-refractivity contribution is 6.23. The highest BCUT2D eigenvalue weighted by Gasteiger charge is 2.36. The van der Waals surface area contributed by atoms with E-state index in [9.17, 15) is 14.4 Å². The van der Waals surface area contributed by atoms with Crippen LogP contribution < -0.4 is 5.32 Å². The van der Waals surface area contributed by atoms with Gasteiger partial charge in [0, 0.05) is 11.1 Å². The molecule has 1 aliphatic heterocycles. The van der Waals surface area contributed by atoms with E-state index in [2.05, 4.69) is 5.32 Å². The number of nitrogens with one attached hydrogen (secondary N) is 1. The molecule has 0 fully saturated rings. The average Bonchev–Trinajstić information content (AvgIpc) is 2.86. The van der Waals surface area contributed by atoms with Gasteiger partial charge in [0.2, 0.25) is 5.91 Å². The van der Waals surface area contributed by atoms with E-state index in [1.807, 2.05) is 43.3 Å². The number of anilines is 1. The number of imide groups is 1. The number of rotatable bonds is 3. The standard InChI is InChI=1S/C21H16N2O3/c1-13-9-10-16-17(11-13)21(26)23(20(16)25)12-19(24)22-18-8-4-6-14-5-2-3-7-15(14)18/h2-11H,12H2,1H3,(H,22,24). The summed E-state index contributed by atoms with van der Waals surface area (Å²) < 4.78 is 0. The van der Waals surface area contributed by atoms with E-state index in [-0.39, 0.29) is 6.54 Å². The molecule has 0 aromatic heterocycles. The van der Waals surface area contributed by atoms with E-state index in [1.54, 1.807) is 24.3 Å². The van der Waals surface area contributed by atoms with Crippen LogP contribution in [0.25, 0.3) is 10.8 Å². The second-order valence-corrected chi connectivity index (χ2v) is 6.32. The van der Waals surface area contributed by atoms with E-state index in [1.165, 1.54) is 0 Å². The molecule has 5 nitrogen and oxygen atoms in total. The maximum Gasteiger partial charge on any atom is 0.262 e. The molecule has 128 valence electrons. The zero-order valence-corrected chi connectivity index (χ0v) is 14.2. The lowest BCUT2D eigenvalue weighted by atomic mass is 10.1. The van der Waals surface area contributed by atoms with Gasteiger partial charge in [0.05, 0.1) is 11.1 Å². The van der Waals surface area contributed by atoms with Crippen LogP contribution in [-0.2, 0) is 4.79 Å². The normalized spacial score (nSPS) is 13.2. The Morgan fingerprint density at radius 1 is 0.923 bits per heavy atom. The van der Waals surface area contributed by atoms with Crippen LogP contribution in [0.5, 0.6) is 0 Å². The largest absolute Gasteiger partial charge is 0.324 e. The third kappa shape index (κ3) is 2.63. The topological polar surface area (TPSA) is 66.5 Å². The van der Waals surface area contributed by atoms with Gasteiger partial charge in [-0.2, -0.15) is 0 Å². The van der Waals surface area contributed by atoms with E-state index in [0.29, 0.717) is 16.8 Å². The summed E-state index contributed by atoms with van der Waals surface area (Å²) >= 11 is 0. The summed E-state index contributed by atoms with van der Waals surface area (Å²) in [5.74, 6) is -1.27. The van der Waals surface area contributed by atoms with Crippen molar-refractivity contribution in [1.29, 1.82) is 0 Å². The van der Waals surface area contributed by atoms with Crippen LogP contribution in [0.1, 0.15) is 26.3 Å². The summed E-state index contributed by atoms with van der Waals surface area (Å²) in [6, 6.07) is 18.4. The van der Waals surface area contributed by atoms with Crippen molar-refractivity contribution in [3.05, 3.63) is 77.4 Å². The molecule has 1 heterocycles. The molecule has 3 aromatic carbocycles. The molecule has 0 bridgehead atoms. The van der Waals surface area contributed by atoms with Gasteiger partial charge < -0.3 is 5.32 Å². The number of carbonyl (C=O) groups is 3. The van der Waals surface area contributed by atoms with Crippen molar-refractivity contribution in [3.63, 3.8) is 0 Å². The van der Waals surface area contributed by atoms with E-state index >= 15 is 0 Å². The fraction of sp³-hybridized carbons (Fsp3) is 0.0952. The number of nitrogens with zero attached hydrogens (tertiary/aromatic N) is 1. The molecule has 0 aliphatic carbocycles. The van der Waals surface area contributed by atoms with Crippen LogP contribution in [0.4, 0.5) is 5.69 Å². The van der Waals surface area contributed by atoms with Crippen molar-refractivity contribution in [2.45, 2.75) is 6.92 Å². The lowest BCUT2D eigenvalue weighted by Gasteiger charge is -2.14. The van der Waals surface area contributed by atoms with Crippen LogP contribution in [0, 0.1) is 6.92 Å². The number of amides is 3. The number of hydrogen-bond acceptors (Lipinski definition) is 3. The molecule has 0 saturated carbocycles. The number of carbonyl (C=O) groups excluding carboxylic acids is 3. The Balaban J connectivity index is 1.56. The molecule has 1 N–H and O–H groups in total. The first-order valence-corrected chi connectivity index (χ1v) is 8.29. The minimum absolute atomic E-state index is 0.311. The fourth-order valence-electron chi connectivity index (χ4n) is 3.22. The Hall–Kier alpha value is -3.47. The Morgan fingerprint density at radius 2 is 1.65 bits per heavy atom. The number of benzene rings is 3. The molecule has 4 rings (SSSR count). The van der Waals surface area contributed by atoms with Crippen molar-refractivity contribution in [2.24, 2.45) is 0 Å². The Morgan fingerprint density at radius 3 is 2.50 bits per heavy atom. The zero-order chi connectivity index (χ0) is 18.3. The third-order valence-electron chi connectivity index (χ3n) is 4.49. The van der Waals surface area contributed by atoms with Gasteiger partial charge in [-0.15, -0.1) is 0 Å². The molecule has 0 atom stereocenters. The molecule has 0 saturated heterocycles. The van der Waals surface area contributed by atoms with Crippen molar-refractivity contribution in [1.82, 2.24) is 4.90 Å². The molecule has 0 spiro atoms. The van der Waals surface area contributed by atoms with Gasteiger partial charge in [-0.1, -0.05) is 48.0 Å². The average molecular weight is 344 g/mol. The zero-order valence-electron chi connectivity index (χ0n) is 14.2. The lowest BCUT2D eigenvalue weighted by molar-refractivity contribution is -0.116. The maximum absolute atomic E-state index is 12.5. The number of aryl methyl sites for hydroxylation is 1. The molecule has 1 aliphatic rings. The van der Waals surface area contributed by atoms with Crippen molar-refractivity contribution < 1.29 is 14.4 Å². The highest BCUT2D eigenvalue weighted by Crippen LogP contribution is 2.25. The summed E-state index contributed by atoms with van der Waals surface area (Å²) in [7, 11) is 0. The monoisotopic (exact) mass is 344 g/mol. The summed E-state index contributed by atoms with van der Waals surface area (Å²) in [4.78, 5) is 38.4. The second kappa shape index (κ2) is 6.11. The summed E-state index contributed by atoms with van der Waals surface area (Å²) in [5.41, 5.74) is 2.25. The molecular weight excluding hydrogens is 328 g/mol. The molecular formula is C21H16N2O3. The summed E-state index contributed by atoms with van der Waals surface area (Å²) in [6.07, 6.45) is 0. The van der Waals surface area contributed by atoms with Gasteiger partial charge in [-0.25, -0.2) is 0 Å². The van der Waals surface area contributed by atoms with Gasteiger partial charge in [-0.05, 0) is 30.5 Å².